The van der Waals surface area contributed by atoms with Crippen LogP contribution in [-0.4, -0.2) is 67.7 Å². The average molecular weight is 243 g/mol. The van der Waals surface area contributed by atoms with Gasteiger partial charge in [-0.3, -0.25) is 9.69 Å². The minimum atomic E-state index is -0.507. The molecule has 100 valence electrons. The van der Waals surface area contributed by atoms with Gasteiger partial charge in [0.2, 0.25) is 0 Å². The maximum atomic E-state index is 11.4. The van der Waals surface area contributed by atoms with Crippen molar-refractivity contribution in [3.05, 3.63) is 0 Å². The van der Waals surface area contributed by atoms with E-state index in [0.29, 0.717) is 13.2 Å². The lowest BCUT2D eigenvalue weighted by Gasteiger charge is -2.35. The normalized spacial score (nSPS) is 20.2. The molecular weight excluding hydrogens is 218 g/mol. The van der Waals surface area contributed by atoms with E-state index in [4.69, 9.17) is 10.5 Å². The van der Waals surface area contributed by atoms with Crippen LogP contribution >= 0.6 is 0 Å². The molecule has 1 heterocycles. The second-order valence-corrected chi connectivity index (χ2v) is 4.50. The van der Waals surface area contributed by atoms with Gasteiger partial charge >= 0.3 is 5.97 Å². The summed E-state index contributed by atoms with van der Waals surface area (Å²) in [6.07, 6.45) is 1.20. The first-order valence-electron chi connectivity index (χ1n) is 6.54. The number of nitrogens with two attached hydrogens (primary N) is 1. The first kappa shape index (κ1) is 14.4. The summed E-state index contributed by atoms with van der Waals surface area (Å²) in [5, 5.41) is 0. The Balaban J connectivity index is 2.23. The Bertz CT molecular complexity index is 228. The van der Waals surface area contributed by atoms with Crippen molar-refractivity contribution in [3.63, 3.8) is 0 Å². The molecular formula is C12H25N3O2. The van der Waals surface area contributed by atoms with Crippen molar-refractivity contribution < 1.29 is 9.53 Å². The Labute approximate surface area is 104 Å². The van der Waals surface area contributed by atoms with E-state index in [2.05, 4.69) is 16.7 Å². The molecule has 0 bridgehead atoms. The zero-order chi connectivity index (χ0) is 12.7. The molecule has 0 aromatic heterocycles. The fourth-order valence-corrected chi connectivity index (χ4v) is 2.11. The Kier molecular flexibility index (Phi) is 6.47. The minimum Gasteiger partial charge on any atom is -0.465 e. The Morgan fingerprint density at radius 3 is 2.35 bits per heavy atom. The number of esters is 1. The average Bonchev–Trinajstić information content (AvgIpc) is 2.32. The van der Waals surface area contributed by atoms with Gasteiger partial charge in [0, 0.05) is 32.7 Å². The molecule has 0 amide bonds. The van der Waals surface area contributed by atoms with E-state index in [9.17, 15) is 4.79 Å². The fraction of sp³-hybridized carbons (Fsp3) is 0.917. The van der Waals surface area contributed by atoms with E-state index < -0.39 is 6.04 Å². The molecule has 0 spiro atoms. The summed E-state index contributed by atoms with van der Waals surface area (Å²) in [7, 11) is 0. The monoisotopic (exact) mass is 243 g/mol. The van der Waals surface area contributed by atoms with Crippen molar-refractivity contribution in [1.29, 1.82) is 0 Å². The molecule has 0 saturated carbocycles. The van der Waals surface area contributed by atoms with Crippen LogP contribution in [-0.2, 0) is 9.53 Å². The van der Waals surface area contributed by atoms with Crippen LogP contribution in [0.4, 0.5) is 0 Å². The fourth-order valence-electron chi connectivity index (χ4n) is 2.11. The number of carbonyl (C=O) groups is 1. The summed E-state index contributed by atoms with van der Waals surface area (Å²) in [4.78, 5) is 16.1. The van der Waals surface area contributed by atoms with Gasteiger partial charge in [-0.1, -0.05) is 6.92 Å². The van der Waals surface area contributed by atoms with E-state index >= 15 is 0 Å². The third kappa shape index (κ3) is 5.02. The first-order chi connectivity index (χ1) is 8.17. The topological polar surface area (TPSA) is 58.8 Å². The van der Waals surface area contributed by atoms with Crippen molar-refractivity contribution in [2.24, 2.45) is 5.73 Å². The Hall–Kier alpha value is -0.650. The predicted molar refractivity (Wildman–Crippen MR) is 67.8 cm³/mol. The van der Waals surface area contributed by atoms with E-state index in [1.54, 1.807) is 6.92 Å². The maximum Gasteiger partial charge on any atom is 0.324 e. The van der Waals surface area contributed by atoms with Crippen LogP contribution in [0.5, 0.6) is 0 Å². The second-order valence-electron chi connectivity index (χ2n) is 4.50. The number of hydrogen-bond donors (Lipinski definition) is 1. The van der Waals surface area contributed by atoms with E-state index in [-0.39, 0.29) is 5.97 Å². The lowest BCUT2D eigenvalue weighted by molar-refractivity contribution is -0.145. The van der Waals surface area contributed by atoms with E-state index in [1.807, 2.05) is 0 Å². The molecule has 1 unspecified atom stereocenters. The lowest BCUT2D eigenvalue weighted by atomic mass is 10.2. The highest BCUT2D eigenvalue weighted by atomic mass is 16.5. The number of carbonyl (C=O) groups excluding carboxylic acids is 1. The van der Waals surface area contributed by atoms with Gasteiger partial charge in [-0.2, -0.15) is 0 Å². The van der Waals surface area contributed by atoms with Gasteiger partial charge in [0.1, 0.15) is 6.04 Å². The van der Waals surface area contributed by atoms with Crippen LogP contribution in [0.25, 0.3) is 0 Å². The van der Waals surface area contributed by atoms with Crippen molar-refractivity contribution in [1.82, 2.24) is 9.80 Å². The molecule has 1 rings (SSSR count). The number of ether oxygens (including phenoxy) is 1. The molecule has 17 heavy (non-hydrogen) atoms. The molecule has 1 aliphatic rings. The zero-order valence-electron chi connectivity index (χ0n) is 11.0. The summed E-state index contributed by atoms with van der Waals surface area (Å²) < 4.78 is 4.90. The summed E-state index contributed by atoms with van der Waals surface area (Å²) in [6.45, 7) is 10.3. The summed E-state index contributed by atoms with van der Waals surface area (Å²) in [5.41, 5.74) is 5.80. The molecule has 1 atom stereocenters. The number of piperazine rings is 1. The SMILES string of the molecule is CCCN1CCN(CC(N)C(=O)OCC)CC1. The molecule has 0 aromatic rings. The summed E-state index contributed by atoms with van der Waals surface area (Å²) in [6, 6.07) is -0.507. The smallest absolute Gasteiger partial charge is 0.324 e. The van der Waals surface area contributed by atoms with Crippen LogP contribution in [0.15, 0.2) is 0 Å². The van der Waals surface area contributed by atoms with Crippen LogP contribution in [0, 0.1) is 0 Å². The van der Waals surface area contributed by atoms with Crippen molar-refractivity contribution in [3.8, 4) is 0 Å². The lowest BCUT2D eigenvalue weighted by Crippen LogP contribution is -2.51. The number of rotatable bonds is 6. The van der Waals surface area contributed by atoms with Crippen LogP contribution in [0.2, 0.25) is 0 Å². The molecule has 0 radical (unpaired) electrons. The Morgan fingerprint density at radius 2 is 1.82 bits per heavy atom. The zero-order valence-corrected chi connectivity index (χ0v) is 11.0. The van der Waals surface area contributed by atoms with Gasteiger partial charge in [-0.15, -0.1) is 0 Å². The van der Waals surface area contributed by atoms with E-state index in [1.165, 1.54) is 6.42 Å². The first-order valence-corrected chi connectivity index (χ1v) is 6.54. The molecule has 2 N–H and O–H groups in total. The van der Waals surface area contributed by atoms with Crippen molar-refractivity contribution in [2.45, 2.75) is 26.3 Å². The Morgan fingerprint density at radius 1 is 1.24 bits per heavy atom. The van der Waals surface area contributed by atoms with E-state index in [0.717, 1.165) is 32.7 Å². The van der Waals surface area contributed by atoms with Gasteiger partial charge in [0.25, 0.3) is 0 Å². The van der Waals surface area contributed by atoms with Crippen molar-refractivity contribution in [2.75, 3.05) is 45.9 Å². The second kappa shape index (κ2) is 7.63. The van der Waals surface area contributed by atoms with Gasteiger partial charge < -0.3 is 15.4 Å². The summed E-state index contributed by atoms with van der Waals surface area (Å²) in [5.74, 6) is -0.288. The molecule has 1 aliphatic heterocycles. The van der Waals surface area contributed by atoms with Crippen molar-refractivity contribution >= 4 is 5.97 Å². The van der Waals surface area contributed by atoms with Crippen LogP contribution < -0.4 is 5.73 Å². The molecule has 0 aliphatic carbocycles. The van der Waals surface area contributed by atoms with Gasteiger partial charge in [0.15, 0.2) is 0 Å². The molecule has 1 fully saturated rings. The van der Waals surface area contributed by atoms with Gasteiger partial charge in [-0.25, -0.2) is 0 Å². The van der Waals surface area contributed by atoms with Gasteiger partial charge in [-0.05, 0) is 19.9 Å². The third-order valence-corrected chi connectivity index (χ3v) is 3.05. The maximum absolute atomic E-state index is 11.4. The quantitative estimate of drug-likeness (QED) is 0.660. The molecule has 5 nitrogen and oxygen atoms in total. The van der Waals surface area contributed by atoms with Crippen LogP contribution in [0.1, 0.15) is 20.3 Å². The number of nitrogens with zero attached hydrogens (tertiary/aromatic N) is 2. The summed E-state index contributed by atoms with van der Waals surface area (Å²) >= 11 is 0. The van der Waals surface area contributed by atoms with Gasteiger partial charge in [0.05, 0.1) is 6.61 Å². The molecule has 0 aromatic carbocycles. The largest absolute Gasteiger partial charge is 0.465 e. The third-order valence-electron chi connectivity index (χ3n) is 3.05. The van der Waals surface area contributed by atoms with Crippen LogP contribution in [0.3, 0.4) is 0 Å². The highest BCUT2D eigenvalue weighted by Crippen LogP contribution is 2.03. The highest BCUT2D eigenvalue weighted by Gasteiger charge is 2.22. The highest BCUT2D eigenvalue weighted by molar-refractivity contribution is 5.75. The predicted octanol–water partition coefficient (Wildman–Crippen LogP) is -0.0956. The minimum absolute atomic E-state index is 0.288. The number of hydrogen-bond acceptors (Lipinski definition) is 5. The standard InChI is InChI=1S/C12H25N3O2/c1-3-5-14-6-8-15(9-7-14)10-11(13)12(16)17-4-2/h11H,3-10,13H2,1-2H3. The molecule has 5 heteroatoms. The molecule has 1 saturated heterocycles.